The number of rotatable bonds is 0. The normalized spacial score (nSPS) is 11.8. The van der Waals surface area contributed by atoms with Gasteiger partial charge in [-0.1, -0.05) is 48.5 Å². The fourth-order valence-corrected chi connectivity index (χ4v) is 2.74. The van der Waals surface area contributed by atoms with Gasteiger partial charge in [-0.15, -0.1) is 0 Å². The minimum atomic E-state index is 0.363. The molecule has 0 heterocycles. The summed E-state index contributed by atoms with van der Waals surface area (Å²) in [7, 11) is 0. The Morgan fingerprint density at radius 2 is 1.29 bits per heavy atom. The highest BCUT2D eigenvalue weighted by Gasteiger charge is 2.10. The Kier molecular flexibility index (Phi) is 1.50. The van der Waals surface area contributed by atoms with Crippen LogP contribution in [0.1, 0.15) is 0 Å². The van der Waals surface area contributed by atoms with Crippen molar-refractivity contribution in [3.05, 3.63) is 54.6 Å². The summed E-state index contributed by atoms with van der Waals surface area (Å²) in [6.45, 7) is 0. The molecule has 0 spiro atoms. The van der Waals surface area contributed by atoms with Gasteiger partial charge in [0.25, 0.3) is 0 Å². The zero-order valence-corrected chi connectivity index (χ0v) is 9.14. The average Bonchev–Trinajstić information content (AvgIpc) is 2.37. The van der Waals surface area contributed by atoms with Crippen LogP contribution in [0.25, 0.3) is 32.3 Å². The minimum Gasteiger partial charge on any atom is -0.507 e. The number of benzene rings is 4. The molecule has 0 aliphatic heterocycles. The van der Waals surface area contributed by atoms with Gasteiger partial charge >= 0.3 is 0 Å². The van der Waals surface area contributed by atoms with E-state index in [0.717, 1.165) is 10.8 Å². The molecule has 17 heavy (non-hydrogen) atoms. The third-order valence-corrected chi connectivity index (χ3v) is 3.49. The van der Waals surface area contributed by atoms with Gasteiger partial charge in [0.15, 0.2) is 0 Å². The quantitative estimate of drug-likeness (QED) is 0.436. The molecule has 4 aromatic rings. The van der Waals surface area contributed by atoms with Crippen LogP contribution in [0, 0.1) is 0 Å². The Morgan fingerprint density at radius 1 is 0.647 bits per heavy atom. The summed E-state index contributed by atoms with van der Waals surface area (Å²) in [5, 5.41) is 16.9. The van der Waals surface area contributed by atoms with Crippen molar-refractivity contribution >= 4 is 32.3 Å². The van der Waals surface area contributed by atoms with Gasteiger partial charge in [0.05, 0.1) is 0 Å². The molecule has 1 nitrogen and oxygen atoms in total. The highest BCUT2D eigenvalue weighted by molar-refractivity contribution is 6.24. The zero-order valence-electron chi connectivity index (χ0n) is 9.14. The Hall–Kier alpha value is -2.28. The van der Waals surface area contributed by atoms with E-state index in [9.17, 15) is 5.11 Å². The van der Waals surface area contributed by atoms with Gasteiger partial charge < -0.3 is 5.11 Å². The summed E-state index contributed by atoms with van der Waals surface area (Å²) in [4.78, 5) is 0. The predicted octanol–water partition coefficient (Wildman–Crippen LogP) is 4.29. The molecular weight excluding hydrogens is 208 g/mol. The molecule has 1 N–H and O–H groups in total. The van der Waals surface area contributed by atoms with E-state index in [-0.39, 0.29) is 0 Å². The van der Waals surface area contributed by atoms with E-state index < -0.39 is 0 Å². The van der Waals surface area contributed by atoms with Crippen molar-refractivity contribution in [1.29, 1.82) is 0 Å². The maximum Gasteiger partial charge on any atom is 0.124 e. The average molecular weight is 218 g/mol. The molecule has 0 unspecified atom stereocenters. The van der Waals surface area contributed by atoms with Gasteiger partial charge in [-0.2, -0.15) is 0 Å². The Bertz CT molecular complexity index is 846. The zero-order chi connectivity index (χ0) is 11.4. The van der Waals surface area contributed by atoms with Gasteiger partial charge in [0, 0.05) is 10.8 Å². The van der Waals surface area contributed by atoms with E-state index in [1.165, 1.54) is 21.5 Å². The summed E-state index contributed by atoms with van der Waals surface area (Å²) in [6, 6.07) is 18.4. The number of hydrogen-bond donors (Lipinski definition) is 1. The maximum absolute atomic E-state index is 10.1. The lowest BCUT2D eigenvalue weighted by Crippen LogP contribution is -1.83. The Labute approximate surface area is 98.2 Å². The molecule has 80 valence electrons. The van der Waals surface area contributed by atoms with E-state index in [1.54, 1.807) is 0 Å². The fourth-order valence-electron chi connectivity index (χ4n) is 2.74. The van der Waals surface area contributed by atoms with Gasteiger partial charge in [0.1, 0.15) is 5.75 Å². The standard InChI is InChI=1S/C16H10O/c17-14-9-12-5-1-3-10-7-8-11-4-2-6-13(14)16(11)15(10)12/h1-9,17H. The summed E-state index contributed by atoms with van der Waals surface area (Å²) in [6.07, 6.45) is 0. The fraction of sp³-hybridized carbons (Fsp3) is 0. The molecule has 0 saturated carbocycles. The van der Waals surface area contributed by atoms with E-state index in [0.29, 0.717) is 5.75 Å². The van der Waals surface area contributed by atoms with E-state index in [2.05, 4.69) is 24.3 Å². The van der Waals surface area contributed by atoms with Gasteiger partial charge in [-0.05, 0) is 27.6 Å². The molecule has 0 aliphatic rings. The SMILES string of the molecule is Oc1cc2cccc3ccc4cccc1c4c32. The third-order valence-electron chi connectivity index (χ3n) is 3.49. The largest absolute Gasteiger partial charge is 0.507 e. The third kappa shape index (κ3) is 1.03. The lowest BCUT2D eigenvalue weighted by atomic mass is 9.94. The van der Waals surface area contributed by atoms with Crippen LogP contribution < -0.4 is 0 Å². The van der Waals surface area contributed by atoms with Crippen molar-refractivity contribution in [2.45, 2.75) is 0 Å². The highest BCUT2D eigenvalue weighted by Crippen LogP contribution is 2.38. The summed E-state index contributed by atoms with van der Waals surface area (Å²) >= 11 is 0. The highest BCUT2D eigenvalue weighted by atomic mass is 16.3. The molecule has 0 aliphatic carbocycles. The minimum absolute atomic E-state index is 0.363. The van der Waals surface area contributed by atoms with Crippen LogP contribution in [0.5, 0.6) is 5.75 Å². The summed E-state index contributed by atoms with van der Waals surface area (Å²) in [5.74, 6) is 0.363. The first-order chi connectivity index (χ1) is 8.34. The lowest BCUT2D eigenvalue weighted by Gasteiger charge is -2.11. The molecule has 0 bridgehead atoms. The van der Waals surface area contributed by atoms with Gasteiger partial charge in [0.2, 0.25) is 0 Å². The second kappa shape index (κ2) is 2.89. The van der Waals surface area contributed by atoms with Crippen LogP contribution in [0.4, 0.5) is 0 Å². The first kappa shape index (κ1) is 8.82. The molecule has 0 amide bonds. The number of aromatic hydroxyl groups is 1. The molecule has 0 aromatic heterocycles. The topological polar surface area (TPSA) is 20.2 Å². The Balaban J connectivity index is 2.50. The van der Waals surface area contributed by atoms with Crippen LogP contribution >= 0.6 is 0 Å². The molecule has 0 fully saturated rings. The molecular formula is C16H10O. The first-order valence-electron chi connectivity index (χ1n) is 5.70. The van der Waals surface area contributed by atoms with Crippen molar-refractivity contribution in [3.63, 3.8) is 0 Å². The maximum atomic E-state index is 10.1. The predicted molar refractivity (Wildman–Crippen MR) is 71.8 cm³/mol. The lowest BCUT2D eigenvalue weighted by molar-refractivity contribution is 0.482. The monoisotopic (exact) mass is 218 g/mol. The van der Waals surface area contributed by atoms with E-state index >= 15 is 0 Å². The van der Waals surface area contributed by atoms with Crippen LogP contribution in [0.15, 0.2) is 54.6 Å². The van der Waals surface area contributed by atoms with Gasteiger partial charge in [-0.25, -0.2) is 0 Å². The number of phenols is 1. The smallest absolute Gasteiger partial charge is 0.124 e. The van der Waals surface area contributed by atoms with Crippen LogP contribution in [-0.4, -0.2) is 5.11 Å². The van der Waals surface area contributed by atoms with Crippen molar-refractivity contribution in [3.8, 4) is 5.75 Å². The second-order valence-corrected chi connectivity index (χ2v) is 4.44. The second-order valence-electron chi connectivity index (χ2n) is 4.44. The molecule has 4 aromatic carbocycles. The first-order valence-corrected chi connectivity index (χ1v) is 5.70. The summed E-state index contributed by atoms with van der Waals surface area (Å²) in [5.41, 5.74) is 0. The molecule has 4 rings (SSSR count). The Morgan fingerprint density at radius 3 is 2.12 bits per heavy atom. The molecule has 0 atom stereocenters. The van der Waals surface area contributed by atoms with Crippen LogP contribution in [-0.2, 0) is 0 Å². The molecule has 1 heteroatoms. The number of phenolic OH excluding ortho intramolecular Hbond substituents is 1. The number of hydrogen-bond acceptors (Lipinski definition) is 1. The van der Waals surface area contributed by atoms with E-state index in [1.807, 2.05) is 30.3 Å². The van der Waals surface area contributed by atoms with E-state index in [4.69, 9.17) is 0 Å². The van der Waals surface area contributed by atoms with Crippen molar-refractivity contribution in [2.75, 3.05) is 0 Å². The molecule has 0 saturated heterocycles. The van der Waals surface area contributed by atoms with Crippen molar-refractivity contribution in [2.24, 2.45) is 0 Å². The van der Waals surface area contributed by atoms with Gasteiger partial charge in [-0.3, -0.25) is 0 Å². The van der Waals surface area contributed by atoms with Crippen molar-refractivity contribution < 1.29 is 5.11 Å². The van der Waals surface area contributed by atoms with Crippen LogP contribution in [0.2, 0.25) is 0 Å². The molecule has 0 radical (unpaired) electrons. The van der Waals surface area contributed by atoms with Crippen LogP contribution in [0.3, 0.4) is 0 Å². The summed E-state index contributed by atoms with van der Waals surface area (Å²) < 4.78 is 0. The van der Waals surface area contributed by atoms with Crippen molar-refractivity contribution in [1.82, 2.24) is 0 Å².